The first-order valence-corrected chi connectivity index (χ1v) is 11.3. The lowest BCUT2D eigenvalue weighted by molar-refractivity contribution is -0.155. The third-order valence-electron chi connectivity index (χ3n) is 5.60. The van der Waals surface area contributed by atoms with E-state index in [2.05, 4.69) is 60.9 Å². The molecule has 2 N–H and O–H groups in total. The number of halogens is 3. The van der Waals surface area contributed by atoms with Crippen molar-refractivity contribution in [2.45, 2.75) is 32.1 Å². The molecule has 0 bridgehead atoms. The fraction of sp³-hybridized carbons (Fsp3) is 0.292. The molecule has 0 saturated carbocycles. The summed E-state index contributed by atoms with van der Waals surface area (Å²) in [6.07, 6.45) is -0.368. The first-order chi connectivity index (χ1) is 17.7. The van der Waals surface area contributed by atoms with Gasteiger partial charge in [-0.1, -0.05) is 11.1 Å². The number of alkyl halides is 3. The number of aromatic nitrogens is 5. The van der Waals surface area contributed by atoms with Crippen LogP contribution in [-0.2, 0) is 6.18 Å². The van der Waals surface area contributed by atoms with Crippen LogP contribution in [0.2, 0.25) is 0 Å². The average Bonchev–Trinajstić information content (AvgIpc) is 3.49. The Morgan fingerprint density at radius 2 is 1.92 bits per heavy atom. The summed E-state index contributed by atoms with van der Waals surface area (Å²) in [5.41, 5.74) is 1.69. The van der Waals surface area contributed by atoms with E-state index in [0.29, 0.717) is 35.1 Å². The van der Waals surface area contributed by atoms with Gasteiger partial charge < -0.3 is 20.1 Å². The molecule has 1 saturated heterocycles. The number of rotatable bonds is 3. The molecule has 0 radical (unpaired) electrons. The maximum atomic E-state index is 12.7. The molecule has 0 unspecified atom stereocenters. The number of imidazole rings is 1. The summed E-state index contributed by atoms with van der Waals surface area (Å²) in [6.45, 7) is 5.91. The monoisotopic (exact) mass is 510 g/mol. The lowest BCUT2D eigenvalue weighted by Crippen LogP contribution is -2.54. The van der Waals surface area contributed by atoms with Crippen LogP contribution in [0.1, 0.15) is 41.2 Å². The number of hydrogen-bond donors (Lipinski definition) is 2. The first kappa shape index (κ1) is 24.3. The van der Waals surface area contributed by atoms with Crippen molar-refractivity contribution in [3.63, 3.8) is 0 Å². The molecule has 1 aliphatic heterocycles. The molecule has 1 fully saturated rings. The third kappa shape index (κ3) is 5.39. The molecule has 190 valence electrons. The molecule has 1 aliphatic rings. The molecule has 4 aromatic rings. The van der Waals surface area contributed by atoms with Crippen LogP contribution in [0.4, 0.5) is 24.8 Å². The number of carbonyl (C=O) groups is 1. The second-order valence-corrected chi connectivity index (χ2v) is 8.72. The van der Waals surface area contributed by atoms with Gasteiger partial charge >= 0.3 is 6.18 Å². The van der Waals surface area contributed by atoms with E-state index in [1.54, 1.807) is 10.7 Å². The highest BCUT2D eigenvalue weighted by Crippen LogP contribution is 2.30. The van der Waals surface area contributed by atoms with Crippen molar-refractivity contribution >= 4 is 23.2 Å². The quantitative estimate of drug-likeness (QED) is 0.405. The van der Waals surface area contributed by atoms with Crippen LogP contribution in [-0.4, -0.2) is 55.8 Å². The van der Waals surface area contributed by atoms with Gasteiger partial charge in [-0.15, -0.1) is 5.10 Å². The average molecular weight is 510 g/mol. The number of piperazine rings is 1. The molecule has 2 atom stereocenters. The molecule has 0 aromatic carbocycles. The Bertz CT molecular complexity index is 1510. The Labute approximate surface area is 208 Å². The zero-order valence-corrected chi connectivity index (χ0v) is 19.7. The summed E-state index contributed by atoms with van der Waals surface area (Å²) in [5, 5.41) is 13.7. The topological polar surface area (TPSA) is 113 Å². The van der Waals surface area contributed by atoms with Gasteiger partial charge in [-0.25, -0.2) is 9.50 Å². The molecule has 4 aromatic heterocycles. The van der Waals surface area contributed by atoms with E-state index in [9.17, 15) is 18.0 Å². The normalized spacial score (nSPS) is 17.9. The molecule has 0 aliphatic carbocycles. The van der Waals surface area contributed by atoms with Gasteiger partial charge in [-0.05, 0) is 38.0 Å². The van der Waals surface area contributed by atoms with Crippen LogP contribution in [0.3, 0.4) is 0 Å². The minimum atomic E-state index is -4.71. The minimum absolute atomic E-state index is 0.0869. The highest BCUT2D eigenvalue weighted by atomic mass is 19.4. The molecule has 5 heterocycles. The molecule has 1 amide bonds. The van der Waals surface area contributed by atoms with Crippen molar-refractivity contribution in [1.29, 1.82) is 0 Å². The highest BCUT2D eigenvalue weighted by molar-refractivity contribution is 6.03. The first-order valence-electron chi connectivity index (χ1n) is 11.3. The molecular formula is C24H21F3N8O2. The number of fused-ring (bicyclic) bond motifs is 1. The fourth-order valence-electron chi connectivity index (χ4n) is 4.06. The molecule has 10 nitrogen and oxygen atoms in total. The smallest absolute Gasteiger partial charge is 0.352 e. The van der Waals surface area contributed by atoms with E-state index >= 15 is 0 Å². The SMILES string of the molecule is C[C@@H]1CN(c2ccc3ncc(C#Cc4cncc(C(=O)Nc5cc(C(F)(F)F)on5)c4)n3n2)C[C@H](C)N1. The largest absolute Gasteiger partial charge is 0.452 e. The maximum absolute atomic E-state index is 12.7. The molecule has 0 spiro atoms. The van der Waals surface area contributed by atoms with E-state index in [4.69, 9.17) is 5.10 Å². The predicted molar refractivity (Wildman–Crippen MR) is 127 cm³/mol. The van der Waals surface area contributed by atoms with Crippen LogP contribution in [0.15, 0.2) is 47.4 Å². The number of carbonyl (C=O) groups excluding carboxylic acids is 1. The van der Waals surface area contributed by atoms with E-state index in [0.717, 1.165) is 18.9 Å². The van der Waals surface area contributed by atoms with Crippen LogP contribution in [0.5, 0.6) is 0 Å². The summed E-state index contributed by atoms with van der Waals surface area (Å²) in [7, 11) is 0. The van der Waals surface area contributed by atoms with Crippen molar-refractivity contribution < 1.29 is 22.5 Å². The van der Waals surface area contributed by atoms with Gasteiger partial charge in [-0.2, -0.15) is 13.2 Å². The highest BCUT2D eigenvalue weighted by Gasteiger charge is 2.36. The number of nitrogens with zero attached hydrogens (tertiary/aromatic N) is 6. The van der Waals surface area contributed by atoms with Gasteiger partial charge in [0.25, 0.3) is 5.91 Å². The predicted octanol–water partition coefficient (Wildman–Crippen LogP) is 2.97. The standard InChI is InChI=1S/C24H21F3N8O2/c1-14-12-34(13-15(2)30-14)22-6-5-21-29-11-18(35(21)32-22)4-3-16-7-17(10-28-9-16)23(36)31-20-8-19(37-33-20)24(25,26)27/h5-11,14-15,30H,12-13H2,1-2H3,(H,31,33,36)/t14-,15+. The van der Waals surface area contributed by atoms with Crippen molar-refractivity contribution in [2.75, 3.05) is 23.3 Å². The van der Waals surface area contributed by atoms with Gasteiger partial charge in [0, 0.05) is 49.2 Å². The summed E-state index contributed by atoms with van der Waals surface area (Å²) >= 11 is 0. The van der Waals surface area contributed by atoms with Gasteiger partial charge in [0.1, 0.15) is 11.5 Å². The van der Waals surface area contributed by atoms with Crippen molar-refractivity contribution in [3.8, 4) is 11.8 Å². The Hall–Kier alpha value is -4.44. The Balaban J connectivity index is 1.35. The second kappa shape index (κ2) is 9.55. The Morgan fingerprint density at radius 3 is 2.65 bits per heavy atom. The van der Waals surface area contributed by atoms with Gasteiger partial charge in [0.15, 0.2) is 11.5 Å². The molecule has 37 heavy (non-hydrogen) atoms. The number of hydrogen-bond acceptors (Lipinski definition) is 8. The molecular weight excluding hydrogens is 489 g/mol. The third-order valence-corrected chi connectivity index (χ3v) is 5.60. The zero-order chi connectivity index (χ0) is 26.2. The fourth-order valence-corrected chi connectivity index (χ4v) is 4.06. The van der Waals surface area contributed by atoms with Gasteiger partial charge in [-0.3, -0.25) is 9.78 Å². The van der Waals surface area contributed by atoms with Crippen molar-refractivity contribution in [2.24, 2.45) is 0 Å². The lowest BCUT2D eigenvalue weighted by Gasteiger charge is -2.36. The van der Waals surface area contributed by atoms with Crippen LogP contribution < -0.4 is 15.5 Å². The van der Waals surface area contributed by atoms with E-state index in [1.165, 1.54) is 18.5 Å². The van der Waals surface area contributed by atoms with Crippen LogP contribution >= 0.6 is 0 Å². The van der Waals surface area contributed by atoms with Crippen molar-refractivity contribution in [1.82, 2.24) is 30.1 Å². The number of pyridine rings is 1. The van der Waals surface area contributed by atoms with E-state index < -0.39 is 17.8 Å². The number of amides is 1. The molecule has 5 rings (SSSR count). The lowest BCUT2D eigenvalue weighted by atomic mass is 10.1. The van der Waals surface area contributed by atoms with Crippen LogP contribution in [0.25, 0.3) is 5.65 Å². The maximum Gasteiger partial charge on any atom is 0.452 e. The summed E-state index contributed by atoms with van der Waals surface area (Å²) in [5.74, 6) is 4.36. The second-order valence-electron chi connectivity index (χ2n) is 8.72. The van der Waals surface area contributed by atoms with Crippen LogP contribution in [0, 0.1) is 11.8 Å². The zero-order valence-electron chi connectivity index (χ0n) is 19.7. The Morgan fingerprint density at radius 1 is 1.14 bits per heavy atom. The summed E-state index contributed by atoms with van der Waals surface area (Å²) in [4.78, 5) is 23.0. The number of nitrogens with one attached hydrogen (secondary N) is 2. The summed E-state index contributed by atoms with van der Waals surface area (Å²) in [6, 6.07) is 6.54. The van der Waals surface area contributed by atoms with E-state index in [-0.39, 0.29) is 11.4 Å². The van der Waals surface area contributed by atoms with Gasteiger partial charge in [0.2, 0.25) is 5.76 Å². The Kier molecular flexibility index (Phi) is 6.26. The summed E-state index contributed by atoms with van der Waals surface area (Å²) < 4.78 is 43.9. The number of anilines is 2. The van der Waals surface area contributed by atoms with Crippen molar-refractivity contribution in [3.05, 3.63) is 65.4 Å². The minimum Gasteiger partial charge on any atom is -0.352 e. The van der Waals surface area contributed by atoms with E-state index in [1.807, 2.05) is 12.1 Å². The van der Waals surface area contributed by atoms with Gasteiger partial charge in [0.05, 0.1) is 11.8 Å². The molecule has 13 heteroatoms.